The third-order valence-electron chi connectivity index (χ3n) is 5.86. The van der Waals surface area contributed by atoms with Crippen molar-refractivity contribution in [2.24, 2.45) is 10.8 Å². The van der Waals surface area contributed by atoms with E-state index in [-0.39, 0.29) is 37.1 Å². The van der Waals surface area contributed by atoms with E-state index in [1.807, 2.05) is 65.8 Å². The van der Waals surface area contributed by atoms with Crippen LogP contribution in [0.25, 0.3) is 33.3 Å². The van der Waals surface area contributed by atoms with Gasteiger partial charge in [-0.05, 0) is 24.1 Å². The van der Waals surface area contributed by atoms with Gasteiger partial charge in [-0.25, -0.2) is 0 Å². The molecule has 1 heterocycles. The van der Waals surface area contributed by atoms with E-state index in [1.54, 1.807) is 0 Å². The molecule has 0 bridgehead atoms. The van der Waals surface area contributed by atoms with Crippen LogP contribution in [-0.2, 0) is 24.9 Å². The van der Waals surface area contributed by atoms with Crippen LogP contribution in [0.2, 0.25) is 0 Å². The Balaban J connectivity index is 0.000000299. The van der Waals surface area contributed by atoms with Gasteiger partial charge in [0.05, 0.1) is 5.52 Å². The van der Waals surface area contributed by atoms with Crippen molar-refractivity contribution in [1.29, 1.82) is 0 Å². The van der Waals surface area contributed by atoms with Crippen molar-refractivity contribution >= 4 is 16.7 Å². The summed E-state index contributed by atoms with van der Waals surface area (Å²) in [6.07, 6.45) is 1.33. The number of rotatable bonds is 3. The Hall–Kier alpha value is -3.07. The van der Waals surface area contributed by atoms with E-state index in [9.17, 15) is 9.90 Å². The molecular formula is C33H36IrNO2-. The van der Waals surface area contributed by atoms with Gasteiger partial charge in [0.2, 0.25) is 0 Å². The maximum absolute atomic E-state index is 11.5. The molecule has 0 aliphatic rings. The van der Waals surface area contributed by atoms with E-state index in [4.69, 9.17) is 4.98 Å². The zero-order valence-corrected chi connectivity index (χ0v) is 25.1. The molecular weight excluding hydrogens is 635 g/mol. The summed E-state index contributed by atoms with van der Waals surface area (Å²) in [5, 5.41) is 10.7. The largest absolute Gasteiger partial charge is 0.512 e. The number of nitrogens with zero attached hydrogens (tertiary/aromatic N) is 1. The minimum Gasteiger partial charge on any atom is -0.512 e. The van der Waals surface area contributed by atoms with Gasteiger partial charge in [-0.1, -0.05) is 113 Å². The zero-order valence-electron chi connectivity index (χ0n) is 22.7. The minimum absolute atomic E-state index is 0. The fraction of sp³-hybridized carbons (Fsp3) is 0.273. The molecule has 0 aliphatic carbocycles. The molecule has 0 amide bonds. The molecule has 0 unspecified atom stereocenters. The number of carbonyl (C=O) groups excluding carboxylic acids is 1. The predicted octanol–water partition coefficient (Wildman–Crippen LogP) is 8.76. The van der Waals surface area contributed by atoms with E-state index < -0.39 is 5.41 Å². The average Bonchev–Trinajstić information content (AvgIpc) is 2.83. The number of hydrogen-bond donors (Lipinski definition) is 1. The molecule has 4 heteroatoms. The van der Waals surface area contributed by atoms with Crippen LogP contribution in [0.4, 0.5) is 0 Å². The molecule has 1 aromatic heterocycles. The van der Waals surface area contributed by atoms with Crippen molar-refractivity contribution in [3.63, 3.8) is 0 Å². The molecule has 3 nitrogen and oxygen atoms in total. The van der Waals surface area contributed by atoms with Crippen LogP contribution in [-0.4, -0.2) is 15.9 Å². The van der Waals surface area contributed by atoms with Crippen LogP contribution in [0.3, 0.4) is 0 Å². The topological polar surface area (TPSA) is 50.2 Å². The fourth-order valence-electron chi connectivity index (χ4n) is 3.43. The standard InChI is InChI=1S/C22H16N.C11H20O2.Ir/c1-16-15-20-9-5-6-10-21(20)23-22(16)19-13-11-18(12-14-19)17-7-3-2-4-8-17;1-10(2,3)8(12)7-9(13)11(4,5)6;/h2-13,15H,1H3;7,12H,1-6H3;/q-1;;/b;8-7-;. The maximum atomic E-state index is 11.5. The van der Waals surface area contributed by atoms with Crippen LogP contribution >= 0.6 is 0 Å². The van der Waals surface area contributed by atoms with Crippen LogP contribution in [0, 0.1) is 23.8 Å². The van der Waals surface area contributed by atoms with Gasteiger partial charge in [-0.3, -0.25) is 9.78 Å². The Labute approximate surface area is 235 Å². The van der Waals surface area contributed by atoms with E-state index >= 15 is 0 Å². The first-order valence-electron chi connectivity index (χ1n) is 12.3. The van der Waals surface area contributed by atoms with E-state index in [2.05, 4.69) is 67.6 Å². The molecule has 0 atom stereocenters. The second-order valence-corrected chi connectivity index (χ2v) is 11.1. The van der Waals surface area contributed by atoms with Gasteiger partial charge in [0.15, 0.2) is 5.78 Å². The second kappa shape index (κ2) is 12.4. The smallest absolute Gasteiger partial charge is 0.164 e. The van der Waals surface area contributed by atoms with Crippen molar-refractivity contribution in [3.05, 3.63) is 102 Å². The Morgan fingerprint density at radius 2 is 1.46 bits per heavy atom. The molecule has 0 aliphatic heterocycles. The average molecular weight is 671 g/mol. The first-order chi connectivity index (χ1) is 16.9. The summed E-state index contributed by atoms with van der Waals surface area (Å²) >= 11 is 0. The van der Waals surface area contributed by atoms with Crippen LogP contribution < -0.4 is 0 Å². The number of para-hydroxylation sites is 1. The second-order valence-electron chi connectivity index (χ2n) is 11.1. The van der Waals surface area contributed by atoms with Gasteiger partial charge in [-0.2, -0.15) is 0 Å². The van der Waals surface area contributed by atoms with Gasteiger partial charge in [-0.15, -0.1) is 29.8 Å². The molecule has 0 fully saturated rings. The molecule has 37 heavy (non-hydrogen) atoms. The number of hydrogen-bond acceptors (Lipinski definition) is 3. The third-order valence-corrected chi connectivity index (χ3v) is 5.86. The number of aryl methyl sites for hydroxylation is 1. The van der Waals surface area contributed by atoms with E-state index in [0.717, 1.165) is 16.8 Å². The summed E-state index contributed by atoms with van der Waals surface area (Å²) < 4.78 is 0. The van der Waals surface area contributed by atoms with E-state index in [0.29, 0.717) is 0 Å². The Bertz CT molecular complexity index is 1360. The van der Waals surface area contributed by atoms with Gasteiger partial charge in [0.25, 0.3) is 0 Å². The van der Waals surface area contributed by atoms with Gasteiger partial charge in [0, 0.05) is 37.0 Å². The van der Waals surface area contributed by atoms with Crippen molar-refractivity contribution in [3.8, 4) is 22.4 Å². The summed E-state index contributed by atoms with van der Waals surface area (Å²) in [5.41, 5.74) is 5.85. The van der Waals surface area contributed by atoms with Gasteiger partial charge in [0.1, 0.15) is 5.76 Å². The summed E-state index contributed by atoms with van der Waals surface area (Å²) in [4.78, 5) is 16.3. The normalized spacial score (nSPS) is 11.8. The fourth-order valence-corrected chi connectivity index (χ4v) is 3.43. The molecule has 4 aromatic rings. The van der Waals surface area contributed by atoms with E-state index in [1.165, 1.54) is 28.2 Å². The van der Waals surface area contributed by atoms with Crippen molar-refractivity contribution in [2.45, 2.75) is 48.5 Å². The number of fused-ring (bicyclic) bond motifs is 1. The maximum Gasteiger partial charge on any atom is 0.164 e. The molecule has 4 rings (SSSR count). The van der Waals surface area contributed by atoms with Crippen molar-refractivity contribution in [1.82, 2.24) is 4.98 Å². The van der Waals surface area contributed by atoms with Crippen LogP contribution in [0.1, 0.15) is 47.1 Å². The minimum atomic E-state index is -0.417. The number of allylic oxidation sites excluding steroid dienone is 2. The zero-order chi connectivity index (χ0) is 26.5. The molecule has 1 radical (unpaired) electrons. The number of pyridine rings is 1. The number of aliphatic hydroxyl groups is 1. The number of ketones is 1. The van der Waals surface area contributed by atoms with Crippen molar-refractivity contribution < 1.29 is 30.0 Å². The molecule has 0 saturated carbocycles. The number of aliphatic hydroxyl groups excluding tert-OH is 1. The Morgan fingerprint density at radius 1 is 0.838 bits per heavy atom. The Morgan fingerprint density at radius 3 is 2.03 bits per heavy atom. The summed E-state index contributed by atoms with van der Waals surface area (Å²) in [6.45, 7) is 13.2. The first kappa shape index (κ1) is 30.2. The molecule has 0 saturated heterocycles. The predicted molar refractivity (Wildman–Crippen MR) is 151 cm³/mol. The molecule has 3 aromatic carbocycles. The number of benzene rings is 3. The first-order valence-corrected chi connectivity index (χ1v) is 12.3. The number of carbonyl (C=O) groups is 1. The number of aromatic nitrogens is 1. The SMILES string of the molecule is CC(C)(C)C(=O)/C=C(\O)C(C)(C)C.Cc1cc2ccccc2nc1-c1[c-]cc(-c2ccccc2)cc1.[Ir]. The molecule has 195 valence electrons. The molecule has 1 N–H and O–H groups in total. The van der Waals surface area contributed by atoms with Crippen LogP contribution in [0.15, 0.2) is 90.7 Å². The summed E-state index contributed by atoms with van der Waals surface area (Å²) in [6, 6.07) is 30.5. The Kier molecular flexibility index (Phi) is 10.1. The van der Waals surface area contributed by atoms with Gasteiger partial charge < -0.3 is 5.11 Å². The third kappa shape index (κ3) is 8.21. The summed E-state index contributed by atoms with van der Waals surface area (Å²) in [5.74, 6) is 0.104. The monoisotopic (exact) mass is 671 g/mol. The van der Waals surface area contributed by atoms with Gasteiger partial charge >= 0.3 is 0 Å². The van der Waals surface area contributed by atoms with Crippen LogP contribution in [0.5, 0.6) is 0 Å². The quantitative estimate of drug-likeness (QED) is 0.135. The molecule has 0 spiro atoms. The van der Waals surface area contributed by atoms with Crippen molar-refractivity contribution in [2.75, 3.05) is 0 Å². The summed E-state index contributed by atoms with van der Waals surface area (Å²) in [7, 11) is 0.